The van der Waals surface area contributed by atoms with Crippen molar-refractivity contribution in [3.05, 3.63) is 29.6 Å². The van der Waals surface area contributed by atoms with E-state index in [0.29, 0.717) is 18.8 Å². The van der Waals surface area contributed by atoms with Crippen molar-refractivity contribution in [3.8, 4) is 0 Å². The quantitative estimate of drug-likeness (QED) is 0.890. The largest absolute Gasteiger partial charge is 0.326 e. The summed E-state index contributed by atoms with van der Waals surface area (Å²) in [7, 11) is 0. The van der Waals surface area contributed by atoms with Gasteiger partial charge in [-0.3, -0.25) is 14.4 Å². The standard InChI is InChI=1S/C13H15FN2O3/c1-9(17)15-10-4-5-12(14)11(8-10)13(18)16-6-2-3-7-19-16/h4-5,8H,2-3,6-7H2,1H3,(H,15,17). The summed E-state index contributed by atoms with van der Waals surface area (Å²) in [6, 6.07) is 3.88. The van der Waals surface area contributed by atoms with Gasteiger partial charge in [0.25, 0.3) is 5.91 Å². The molecule has 0 spiro atoms. The Morgan fingerprint density at radius 2 is 2.16 bits per heavy atom. The third-order valence-corrected chi connectivity index (χ3v) is 2.75. The normalized spacial score (nSPS) is 15.2. The van der Waals surface area contributed by atoms with Crippen molar-refractivity contribution >= 4 is 17.5 Å². The zero-order valence-corrected chi connectivity index (χ0v) is 10.6. The fourth-order valence-corrected chi connectivity index (χ4v) is 1.86. The van der Waals surface area contributed by atoms with E-state index in [1.807, 2.05) is 0 Å². The van der Waals surface area contributed by atoms with Gasteiger partial charge in [-0.05, 0) is 31.0 Å². The second-order valence-electron chi connectivity index (χ2n) is 4.32. The SMILES string of the molecule is CC(=O)Nc1ccc(F)c(C(=O)N2CCCCO2)c1. The zero-order valence-electron chi connectivity index (χ0n) is 10.6. The van der Waals surface area contributed by atoms with Gasteiger partial charge in [0.15, 0.2) is 0 Å². The van der Waals surface area contributed by atoms with E-state index in [9.17, 15) is 14.0 Å². The number of benzene rings is 1. The molecule has 5 nitrogen and oxygen atoms in total. The highest BCUT2D eigenvalue weighted by Gasteiger charge is 2.22. The van der Waals surface area contributed by atoms with Gasteiger partial charge in [-0.1, -0.05) is 0 Å². The molecule has 6 heteroatoms. The van der Waals surface area contributed by atoms with Gasteiger partial charge in [-0.2, -0.15) is 0 Å². The molecule has 1 N–H and O–H groups in total. The summed E-state index contributed by atoms with van der Waals surface area (Å²) >= 11 is 0. The van der Waals surface area contributed by atoms with Crippen LogP contribution in [0.2, 0.25) is 0 Å². The summed E-state index contributed by atoms with van der Waals surface area (Å²) in [5, 5.41) is 3.68. The van der Waals surface area contributed by atoms with Crippen molar-refractivity contribution in [2.45, 2.75) is 19.8 Å². The second kappa shape index (κ2) is 5.79. The molecule has 19 heavy (non-hydrogen) atoms. The van der Waals surface area contributed by atoms with Gasteiger partial charge < -0.3 is 5.32 Å². The molecule has 1 aromatic carbocycles. The Morgan fingerprint density at radius 1 is 1.37 bits per heavy atom. The second-order valence-corrected chi connectivity index (χ2v) is 4.32. The molecule has 2 rings (SSSR count). The van der Waals surface area contributed by atoms with Crippen molar-refractivity contribution in [3.63, 3.8) is 0 Å². The molecule has 1 aliphatic rings. The van der Waals surface area contributed by atoms with Crippen LogP contribution in [0.25, 0.3) is 0 Å². The van der Waals surface area contributed by atoms with Crippen molar-refractivity contribution in [1.82, 2.24) is 5.06 Å². The molecule has 0 unspecified atom stereocenters. The number of rotatable bonds is 2. The number of carbonyl (C=O) groups is 2. The first-order valence-electron chi connectivity index (χ1n) is 6.10. The summed E-state index contributed by atoms with van der Waals surface area (Å²) in [6.07, 6.45) is 1.72. The number of hydrogen-bond donors (Lipinski definition) is 1. The topological polar surface area (TPSA) is 58.6 Å². The number of halogens is 1. The summed E-state index contributed by atoms with van der Waals surface area (Å²) in [4.78, 5) is 28.3. The van der Waals surface area contributed by atoms with Crippen LogP contribution in [0.4, 0.5) is 10.1 Å². The average Bonchev–Trinajstić information content (AvgIpc) is 2.40. The van der Waals surface area contributed by atoms with Gasteiger partial charge in [0.1, 0.15) is 5.82 Å². The molecule has 1 saturated heterocycles. The summed E-state index contributed by atoms with van der Waals surface area (Å²) in [5.74, 6) is -1.43. The number of nitrogens with zero attached hydrogens (tertiary/aromatic N) is 1. The minimum atomic E-state index is -0.631. The predicted molar refractivity (Wildman–Crippen MR) is 66.9 cm³/mol. The number of carbonyl (C=O) groups excluding carboxylic acids is 2. The lowest BCUT2D eigenvalue weighted by molar-refractivity contribution is -0.144. The maximum atomic E-state index is 13.7. The Morgan fingerprint density at radius 3 is 2.79 bits per heavy atom. The molecule has 0 radical (unpaired) electrons. The lowest BCUT2D eigenvalue weighted by atomic mass is 10.1. The van der Waals surface area contributed by atoms with Crippen molar-refractivity contribution in [2.75, 3.05) is 18.5 Å². The summed E-state index contributed by atoms with van der Waals surface area (Å²) < 4.78 is 13.7. The van der Waals surface area contributed by atoms with E-state index in [4.69, 9.17) is 4.84 Å². The van der Waals surface area contributed by atoms with E-state index in [2.05, 4.69) is 5.32 Å². The minimum Gasteiger partial charge on any atom is -0.326 e. The monoisotopic (exact) mass is 266 g/mol. The lowest BCUT2D eigenvalue weighted by Crippen LogP contribution is -2.36. The van der Waals surface area contributed by atoms with Crippen LogP contribution in [0.5, 0.6) is 0 Å². The van der Waals surface area contributed by atoms with Gasteiger partial charge in [0.2, 0.25) is 5.91 Å². The average molecular weight is 266 g/mol. The Hall–Kier alpha value is -1.95. The maximum Gasteiger partial charge on any atom is 0.280 e. The Bertz CT molecular complexity index is 499. The van der Waals surface area contributed by atoms with Gasteiger partial charge >= 0.3 is 0 Å². The molecule has 0 aliphatic carbocycles. The third-order valence-electron chi connectivity index (χ3n) is 2.75. The van der Waals surface area contributed by atoms with E-state index in [1.54, 1.807) is 0 Å². The van der Waals surface area contributed by atoms with Gasteiger partial charge in [-0.15, -0.1) is 0 Å². The first kappa shape index (κ1) is 13.5. The number of nitrogens with one attached hydrogen (secondary N) is 1. The number of hydrogen-bond acceptors (Lipinski definition) is 3. The van der Waals surface area contributed by atoms with E-state index in [0.717, 1.165) is 18.9 Å². The van der Waals surface area contributed by atoms with E-state index >= 15 is 0 Å². The molecule has 1 aliphatic heterocycles. The third kappa shape index (κ3) is 3.29. The van der Waals surface area contributed by atoms with E-state index < -0.39 is 11.7 Å². The van der Waals surface area contributed by atoms with Crippen LogP contribution in [0.3, 0.4) is 0 Å². The molecule has 1 fully saturated rings. The Balaban J connectivity index is 2.21. The fourth-order valence-electron chi connectivity index (χ4n) is 1.86. The first-order valence-corrected chi connectivity index (χ1v) is 6.10. The summed E-state index contributed by atoms with van der Waals surface area (Å²) in [6.45, 7) is 2.25. The molecule has 0 saturated carbocycles. The molecule has 1 aromatic rings. The Kier molecular flexibility index (Phi) is 4.11. The smallest absolute Gasteiger partial charge is 0.280 e. The van der Waals surface area contributed by atoms with Crippen molar-refractivity contribution in [2.24, 2.45) is 0 Å². The van der Waals surface area contributed by atoms with E-state index in [1.165, 1.54) is 24.1 Å². The van der Waals surface area contributed by atoms with Crippen LogP contribution in [0, 0.1) is 5.82 Å². The van der Waals surface area contributed by atoms with Crippen LogP contribution in [-0.2, 0) is 9.63 Å². The van der Waals surface area contributed by atoms with Crippen LogP contribution in [-0.4, -0.2) is 30.0 Å². The van der Waals surface area contributed by atoms with Crippen molar-refractivity contribution < 1.29 is 18.8 Å². The highest BCUT2D eigenvalue weighted by atomic mass is 19.1. The molecule has 2 amide bonds. The van der Waals surface area contributed by atoms with Crippen LogP contribution in [0.1, 0.15) is 30.1 Å². The minimum absolute atomic E-state index is 0.104. The highest BCUT2D eigenvalue weighted by molar-refractivity contribution is 5.96. The molecular weight excluding hydrogens is 251 g/mol. The first-order chi connectivity index (χ1) is 9.08. The van der Waals surface area contributed by atoms with Gasteiger partial charge in [0, 0.05) is 19.2 Å². The fraction of sp³-hybridized carbons (Fsp3) is 0.385. The van der Waals surface area contributed by atoms with E-state index in [-0.39, 0.29) is 11.5 Å². The summed E-state index contributed by atoms with van der Waals surface area (Å²) in [5.41, 5.74) is 0.280. The molecule has 102 valence electrons. The highest BCUT2D eigenvalue weighted by Crippen LogP contribution is 2.18. The molecule has 0 bridgehead atoms. The predicted octanol–water partition coefficient (Wildman–Crippen LogP) is 1.95. The number of amides is 2. The molecule has 1 heterocycles. The zero-order chi connectivity index (χ0) is 13.8. The number of anilines is 1. The van der Waals surface area contributed by atoms with Crippen LogP contribution in [0.15, 0.2) is 18.2 Å². The maximum absolute atomic E-state index is 13.7. The lowest BCUT2D eigenvalue weighted by Gasteiger charge is -2.26. The van der Waals surface area contributed by atoms with Gasteiger partial charge in [-0.25, -0.2) is 9.45 Å². The number of hydroxylamine groups is 2. The van der Waals surface area contributed by atoms with Crippen LogP contribution < -0.4 is 5.32 Å². The van der Waals surface area contributed by atoms with Crippen LogP contribution >= 0.6 is 0 Å². The molecular formula is C13H15FN2O3. The molecule has 0 atom stereocenters. The van der Waals surface area contributed by atoms with Crippen molar-refractivity contribution in [1.29, 1.82) is 0 Å². The Labute approximate surface area is 110 Å². The van der Waals surface area contributed by atoms with Gasteiger partial charge in [0.05, 0.1) is 12.2 Å². The molecule has 0 aromatic heterocycles.